The van der Waals surface area contributed by atoms with Crippen molar-refractivity contribution in [3.05, 3.63) is 255 Å². The summed E-state index contributed by atoms with van der Waals surface area (Å²) >= 11 is 0. The molecule has 4 nitrogen and oxygen atoms in total. The van der Waals surface area contributed by atoms with Crippen LogP contribution in [0.4, 0.5) is 34.1 Å². The predicted octanol–water partition coefficient (Wildman–Crippen LogP) is 16.5. The van der Waals surface area contributed by atoms with E-state index in [9.17, 15) is 0 Å². The van der Waals surface area contributed by atoms with E-state index in [-0.39, 0.29) is 0 Å². The number of aromatic nitrogens is 2. The second-order valence-electron chi connectivity index (χ2n) is 16.2. The molecule has 2 heterocycles. The van der Waals surface area contributed by atoms with E-state index in [0.717, 1.165) is 56.6 Å². The number of anilines is 6. The van der Waals surface area contributed by atoms with Crippen LogP contribution < -0.4 is 9.80 Å². The van der Waals surface area contributed by atoms with E-state index in [0.29, 0.717) is 0 Å². The van der Waals surface area contributed by atoms with Gasteiger partial charge in [0.2, 0.25) is 0 Å². The van der Waals surface area contributed by atoms with Gasteiger partial charge in [-0.3, -0.25) is 0 Å². The minimum Gasteiger partial charge on any atom is -0.310 e. The Kier molecular flexibility index (Phi) is 9.12. The van der Waals surface area contributed by atoms with Crippen LogP contribution in [-0.2, 0) is 0 Å². The molecule has 0 radical (unpaired) electrons. The van der Waals surface area contributed by atoms with E-state index in [1.54, 1.807) is 0 Å². The third kappa shape index (κ3) is 6.31. The zero-order valence-electron chi connectivity index (χ0n) is 35.0. The maximum absolute atomic E-state index is 2.38. The minimum absolute atomic E-state index is 1.07. The standard InChI is InChI=1S/C60H42N4/c1-3-19-44(20-4-1)61(46-34-38-48(39-35-46)63-57-30-13-8-25-52(57)53-26-9-14-31-58(53)63)50-23-17-18-43(42-50)51-24-7-12-29-56(51)62(45-21-5-2-6-22-45)47-36-40-49(41-37-47)64-59-32-15-10-27-54(59)55-28-11-16-33-60(55)64/h1-42H. The number of para-hydroxylation sites is 7. The van der Waals surface area contributed by atoms with Crippen LogP contribution in [0.5, 0.6) is 0 Å². The highest BCUT2D eigenvalue weighted by molar-refractivity contribution is 6.10. The van der Waals surface area contributed by atoms with Gasteiger partial charge in [-0.2, -0.15) is 0 Å². The molecule has 0 saturated heterocycles. The fourth-order valence-corrected chi connectivity index (χ4v) is 9.66. The van der Waals surface area contributed by atoms with Crippen molar-refractivity contribution in [1.29, 1.82) is 0 Å². The number of hydrogen-bond acceptors (Lipinski definition) is 2. The topological polar surface area (TPSA) is 16.3 Å². The molecule has 0 atom stereocenters. The molecule has 12 aromatic rings. The lowest BCUT2D eigenvalue weighted by Crippen LogP contribution is -2.12. The molecule has 0 amide bonds. The highest BCUT2D eigenvalue weighted by Gasteiger charge is 2.20. The molecular weight excluding hydrogens is 777 g/mol. The summed E-state index contributed by atoms with van der Waals surface area (Å²) in [4.78, 5) is 4.73. The molecule has 0 aliphatic rings. The van der Waals surface area contributed by atoms with Crippen LogP contribution in [0.25, 0.3) is 66.1 Å². The number of benzene rings is 10. The smallest absolute Gasteiger partial charge is 0.0541 e. The van der Waals surface area contributed by atoms with Crippen LogP contribution in [0.1, 0.15) is 0 Å². The zero-order chi connectivity index (χ0) is 42.4. The van der Waals surface area contributed by atoms with Crippen LogP contribution in [0, 0.1) is 0 Å². The molecule has 64 heavy (non-hydrogen) atoms. The van der Waals surface area contributed by atoms with Gasteiger partial charge < -0.3 is 18.9 Å². The summed E-state index contributed by atoms with van der Waals surface area (Å²) in [5.41, 5.74) is 15.8. The van der Waals surface area contributed by atoms with Gasteiger partial charge in [0, 0.05) is 66.9 Å². The molecule has 0 aliphatic carbocycles. The molecule has 0 spiro atoms. The van der Waals surface area contributed by atoms with Crippen molar-refractivity contribution in [2.24, 2.45) is 0 Å². The molecule has 2 aromatic heterocycles. The van der Waals surface area contributed by atoms with Crippen molar-refractivity contribution in [2.75, 3.05) is 9.80 Å². The maximum Gasteiger partial charge on any atom is 0.0541 e. The number of nitrogens with zero attached hydrogens (tertiary/aromatic N) is 4. The first-order valence-corrected chi connectivity index (χ1v) is 21.9. The lowest BCUT2D eigenvalue weighted by Gasteiger charge is -2.29. The van der Waals surface area contributed by atoms with Gasteiger partial charge in [-0.25, -0.2) is 0 Å². The highest BCUT2D eigenvalue weighted by atomic mass is 15.2. The second kappa shape index (κ2) is 15.7. The first-order valence-electron chi connectivity index (χ1n) is 21.9. The monoisotopic (exact) mass is 818 g/mol. The second-order valence-corrected chi connectivity index (χ2v) is 16.2. The van der Waals surface area contributed by atoms with Crippen molar-refractivity contribution in [3.63, 3.8) is 0 Å². The molecule has 0 aliphatic heterocycles. The van der Waals surface area contributed by atoms with E-state index in [2.05, 4.69) is 274 Å². The normalized spacial score (nSPS) is 11.4. The lowest BCUT2D eigenvalue weighted by molar-refractivity contribution is 1.17. The fourth-order valence-electron chi connectivity index (χ4n) is 9.66. The van der Waals surface area contributed by atoms with Crippen LogP contribution in [0.3, 0.4) is 0 Å². The van der Waals surface area contributed by atoms with Crippen molar-refractivity contribution >= 4 is 77.7 Å². The molecule has 0 fully saturated rings. The van der Waals surface area contributed by atoms with E-state index < -0.39 is 0 Å². The molecule has 4 heteroatoms. The van der Waals surface area contributed by atoms with Gasteiger partial charge in [0.05, 0.1) is 27.8 Å². The zero-order valence-corrected chi connectivity index (χ0v) is 35.0. The van der Waals surface area contributed by atoms with E-state index in [1.165, 1.54) is 43.6 Å². The average Bonchev–Trinajstić information content (AvgIpc) is 3.89. The molecular formula is C60H42N4. The summed E-state index contributed by atoms with van der Waals surface area (Å²) in [6.07, 6.45) is 0. The third-order valence-corrected chi connectivity index (χ3v) is 12.5. The number of fused-ring (bicyclic) bond motifs is 6. The number of hydrogen-bond donors (Lipinski definition) is 0. The average molecular weight is 819 g/mol. The van der Waals surface area contributed by atoms with Gasteiger partial charge in [-0.05, 0) is 121 Å². The van der Waals surface area contributed by atoms with Gasteiger partial charge in [0.25, 0.3) is 0 Å². The molecule has 0 unspecified atom stereocenters. The molecule has 0 saturated carbocycles. The van der Waals surface area contributed by atoms with Crippen molar-refractivity contribution in [2.45, 2.75) is 0 Å². The minimum atomic E-state index is 1.07. The molecule has 0 bridgehead atoms. The van der Waals surface area contributed by atoms with E-state index in [1.807, 2.05) is 0 Å². The van der Waals surface area contributed by atoms with Gasteiger partial charge in [-0.15, -0.1) is 0 Å². The largest absolute Gasteiger partial charge is 0.310 e. The Hall–Kier alpha value is -8.60. The van der Waals surface area contributed by atoms with Crippen LogP contribution in [0.2, 0.25) is 0 Å². The first-order chi connectivity index (χ1) is 31.8. The predicted molar refractivity (Wildman–Crippen MR) is 270 cm³/mol. The Bertz CT molecular complexity index is 3500. The van der Waals surface area contributed by atoms with Crippen LogP contribution >= 0.6 is 0 Å². The third-order valence-electron chi connectivity index (χ3n) is 12.5. The van der Waals surface area contributed by atoms with E-state index in [4.69, 9.17) is 0 Å². The maximum atomic E-state index is 2.38. The van der Waals surface area contributed by atoms with Crippen molar-refractivity contribution in [1.82, 2.24) is 9.13 Å². The Morgan fingerprint density at radius 3 is 1.09 bits per heavy atom. The molecule has 0 N–H and O–H groups in total. The van der Waals surface area contributed by atoms with E-state index >= 15 is 0 Å². The molecule has 302 valence electrons. The quantitative estimate of drug-likeness (QED) is 0.144. The number of rotatable bonds is 9. The van der Waals surface area contributed by atoms with Gasteiger partial charge in [-0.1, -0.05) is 140 Å². The van der Waals surface area contributed by atoms with Crippen LogP contribution in [0.15, 0.2) is 255 Å². The highest BCUT2D eigenvalue weighted by Crippen LogP contribution is 2.44. The summed E-state index contributed by atoms with van der Waals surface area (Å²) in [5, 5.41) is 5.03. The van der Waals surface area contributed by atoms with Crippen LogP contribution in [-0.4, -0.2) is 9.13 Å². The Morgan fingerprint density at radius 1 is 0.250 bits per heavy atom. The van der Waals surface area contributed by atoms with Gasteiger partial charge in [0.1, 0.15) is 0 Å². The summed E-state index contributed by atoms with van der Waals surface area (Å²) in [6.45, 7) is 0. The summed E-state index contributed by atoms with van der Waals surface area (Å²) in [5.74, 6) is 0. The summed E-state index contributed by atoms with van der Waals surface area (Å²) in [7, 11) is 0. The Balaban J connectivity index is 0.947. The lowest BCUT2D eigenvalue weighted by atomic mass is 10.0. The van der Waals surface area contributed by atoms with Gasteiger partial charge >= 0.3 is 0 Å². The molecule has 12 rings (SSSR count). The Morgan fingerprint density at radius 2 is 0.609 bits per heavy atom. The molecule has 10 aromatic carbocycles. The Labute approximate surface area is 372 Å². The van der Waals surface area contributed by atoms with Gasteiger partial charge in [0.15, 0.2) is 0 Å². The first kappa shape index (κ1) is 37.2. The van der Waals surface area contributed by atoms with Crippen molar-refractivity contribution in [3.8, 4) is 22.5 Å². The summed E-state index contributed by atoms with van der Waals surface area (Å²) in [6, 6.07) is 91.7. The fraction of sp³-hybridized carbons (Fsp3) is 0. The summed E-state index contributed by atoms with van der Waals surface area (Å²) < 4.78 is 4.74. The SMILES string of the molecule is c1ccc(N(c2ccc(-n3c4ccccc4c4ccccc43)cc2)c2cccc(-c3ccccc3N(c3ccccc3)c3ccc(-n4c5ccccc5c5ccccc54)cc3)c2)cc1. The van der Waals surface area contributed by atoms with Crippen molar-refractivity contribution < 1.29 is 0 Å².